The standard InChI is InChI=1S/C10H10N2O4S/c13-8-6(2-1-3-11-8)9(14)12-5-17-4-7(12)10(15)16/h1-3,7H,4-5H2,(H,11,13)(H,15,16). The third-order valence-corrected chi connectivity index (χ3v) is 3.49. The first-order valence-corrected chi connectivity index (χ1v) is 6.06. The van der Waals surface area contributed by atoms with E-state index >= 15 is 0 Å². The number of amides is 1. The zero-order valence-electron chi connectivity index (χ0n) is 8.75. The number of aromatic nitrogens is 1. The van der Waals surface area contributed by atoms with E-state index in [-0.39, 0.29) is 5.56 Å². The number of hydrogen-bond donors (Lipinski definition) is 2. The van der Waals surface area contributed by atoms with Crippen molar-refractivity contribution in [3.8, 4) is 0 Å². The number of H-pyrrole nitrogens is 1. The van der Waals surface area contributed by atoms with Gasteiger partial charge in [0.1, 0.15) is 11.6 Å². The lowest BCUT2D eigenvalue weighted by molar-refractivity contribution is -0.140. The molecule has 1 aliphatic rings. The molecular formula is C10H10N2O4S. The number of aliphatic carboxylic acids is 1. The van der Waals surface area contributed by atoms with Gasteiger partial charge in [-0.2, -0.15) is 0 Å². The number of rotatable bonds is 2. The van der Waals surface area contributed by atoms with Crippen LogP contribution in [0.3, 0.4) is 0 Å². The lowest BCUT2D eigenvalue weighted by Crippen LogP contribution is -2.43. The molecule has 0 aliphatic carbocycles. The number of carboxylic acid groups (broad SMARTS) is 1. The van der Waals surface area contributed by atoms with Gasteiger partial charge in [-0.25, -0.2) is 4.79 Å². The number of nitrogens with one attached hydrogen (secondary N) is 1. The number of carboxylic acids is 1. The van der Waals surface area contributed by atoms with Gasteiger partial charge in [0.15, 0.2) is 0 Å². The monoisotopic (exact) mass is 254 g/mol. The fraction of sp³-hybridized carbons (Fsp3) is 0.300. The molecule has 6 nitrogen and oxygen atoms in total. The number of aromatic amines is 1. The first-order valence-electron chi connectivity index (χ1n) is 4.90. The van der Waals surface area contributed by atoms with Gasteiger partial charge in [0, 0.05) is 11.9 Å². The van der Waals surface area contributed by atoms with Crippen LogP contribution in [0.15, 0.2) is 23.1 Å². The molecule has 90 valence electrons. The molecular weight excluding hydrogens is 244 g/mol. The molecule has 0 bridgehead atoms. The summed E-state index contributed by atoms with van der Waals surface area (Å²) in [4.78, 5) is 38.0. The average Bonchev–Trinajstić information content (AvgIpc) is 2.77. The molecule has 1 unspecified atom stereocenters. The maximum atomic E-state index is 12.0. The number of nitrogens with zero attached hydrogens (tertiary/aromatic N) is 1. The quantitative estimate of drug-likeness (QED) is 0.773. The molecule has 1 atom stereocenters. The fourth-order valence-corrected chi connectivity index (χ4v) is 2.74. The van der Waals surface area contributed by atoms with Crippen LogP contribution in [0.25, 0.3) is 0 Å². The van der Waals surface area contributed by atoms with Crippen molar-refractivity contribution in [2.24, 2.45) is 0 Å². The Morgan fingerprint density at radius 2 is 2.29 bits per heavy atom. The highest BCUT2D eigenvalue weighted by Gasteiger charge is 2.35. The summed E-state index contributed by atoms with van der Waals surface area (Å²) in [5.41, 5.74) is -0.528. The highest BCUT2D eigenvalue weighted by Crippen LogP contribution is 2.22. The van der Waals surface area contributed by atoms with Gasteiger partial charge in [0.05, 0.1) is 5.88 Å². The third-order valence-electron chi connectivity index (χ3n) is 2.48. The maximum absolute atomic E-state index is 12.0. The van der Waals surface area contributed by atoms with E-state index in [9.17, 15) is 14.4 Å². The molecule has 0 saturated carbocycles. The van der Waals surface area contributed by atoms with Gasteiger partial charge in [-0.1, -0.05) is 0 Å². The Morgan fingerprint density at radius 3 is 2.94 bits per heavy atom. The summed E-state index contributed by atoms with van der Waals surface area (Å²) in [5.74, 6) is -0.935. The van der Waals surface area contributed by atoms with E-state index in [2.05, 4.69) is 4.98 Å². The van der Waals surface area contributed by atoms with Gasteiger partial charge in [-0.05, 0) is 12.1 Å². The minimum Gasteiger partial charge on any atom is -0.480 e. The van der Waals surface area contributed by atoms with Crippen LogP contribution in [0.5, 0.6) is 0 Å². The Labute approximate surface area is 101 Å². The second kappa shape index (κ2) is 4.62. The Balaban J connectivity index is 2.29. The van der Waals surface area contributed by atoms with Crippen molar-refractivity contribution in [3.05, 3.63) is 34.2 Å². The maximum Gasteiger partial charge on any atom is 0.327 e. The summed E-state index contributed by atoms with van der Waals surface area (Å²) < 4.78 is 0. The van der Waals surface area contributed by atoms with Crippen LogP contribution >= 0.6 is 11.8 Å². The van der Waals surface area contributed by atoms with E-state index < -0.39 is 23.5 Å². The Hall–Kier alpha value is -1.76. The summed E-state index contributed by atoms with van der Waals surface area (Å²) in [5, 5.41) is 8.96. The SMILES string of the molecule is O=C(O)C1CSCN1C(=O)c1ccc[nH]c1=O. The highest BCUT2D eigenvalue weighted by molar-refractivity contribution is 7.99. The van der Waals surface area contributed by atoms with Gasteiger partial charge in [-0.3, -0.25) is 9.59 Å². The number of hydrogen-bond acceptors (Lipinski definition) is 4. The largest absolute Gasteiger partial charge is 0.480 e. The van der Waals surface area contributed by atoms with Crippen LogP contribution in [-0.2, 0) is 4.79 Å². The topological polar surface area (TPSA) is 90.5 Å². The predicted octanol–water partition coefficient (Wildman–Crippen LogP) is -0.0254. The molecule has 2 N–H and O–H groups in total. The van der Waals surface area contributed by atoms with Crippen LogP contribution in [-0.4, -0.2) is 44.5 Å². The van der Waals surface area contributed by atoms with Gasteiger partial charge >= 0.3 is 5.97 Å². The van der Waals surface area contributed by atoms with E-state index in [1.54, 1.807) is 0 Å². The molecule has 1 saturated heterocycles. The number of thioether (sulfide) groups is 1. The lowest BCUT2D eigenvalue weighted by atomic mass is 10.2. The molecule has 0 aromatic carbocycles. The molecule has 2 heterocycles. The minimum absolute atomic E-state index is 0.0266. The molecule has 1 aromatic heterocycles. The average molecular weight is 254 g/mol. The van der Waals surface area contributed by atoms with Crippen molar-refractivity contribution < 1.29 is 14.7 Å². The van der Waals surface area contributed by atoms with Crippen LogP contribution in [0.2, 0.25) is 0 Å². The third kappa shape index (κ3) is 2.19. The van der Waals surface area contributed by atoms with Crippen molar-refractivity contribution in [2.75, 3.05) is 11.6 Å². The van der Waals surface area contributed by atoms with Crippen molar-refractivity contribution in [3.63, 3.8) is 0 Å². The second-order valence-corrected chi connectivity index (χ2v) is 4.54. The van der Waals surface area contributed by atoms with E-state index in [1.165, 1.54) is 35.0 Å². The number of pyridine rings is 1. The van der Waals surface area contributed by atoms with Gasteiger partial charge in [-0.15, -0.1) is 11.8 Å². The summed E-state index contributed by atoms with van der Waals surface area (Å²) in [6, 6.07) is 2.07. The smallest absolute Gasteiger partial charge is 0.327 e. The summed E-state index contributed by atoms with van der Waals surface area (Å²) in [6.07, 6.45) is 1.42. The Kier molecular flexibility index (Phi) is 3.19. The second-order valence-electron chi connectivity index (χ2n) is 3.54. The fourth-order valence-electron chi connectivity index (χ4n) is 1.59. The lowest BCUT2D eigenvalue weighted by Gasteiger charge is -2.19. The predicted molar refractivity (Wildman–Crippen MR) is 62.0 cm³/mol. The molecule has 0 spiro atoms. The van der Waals surface area contributed by atoms with E-state index in [4.69, 9.17) is 5.11 Å². The normalized spacial score (nSPS) is 19.3. The van der Waals surface area contributed by atoms with Crippen molar-refractivity contribution in [1.82, 2.24) is 9.88 Å². The van der Waals surface area contributed by atoms with Gasteiger partial charge in [0.2, 0.25) is 0 Å². The highest BCUT2D eigenvalue weighted by atomic mass is 32.2. The van der Waals surface area contributed by atoms with Crippen LogP contribution in [0, 0.1) is 0 Å². The summed E-state index contributed by atoms with van der Waals surface area (Å²) in [7, 11) is 0. The van der Waals surface area contributed by atoms with Crippen molar-refractivity contribution >= 4 is 23.6 Å². The van der Waals surface area contributed by atoms with Crippen LogP contribution in [0.4, 0.5) is 0 Å². The first-order chi connectivity index (χ1) is 8.11. The van der Waals surface area contributed by atoms with E-state index in [0.717, 1.165) is 0 Å². The molecule has 2 rings (SSSR count). The first kappa shape index (κ1) is 11.7. The number of carbonyl (C=O) groups excluding carboxylic acids is 1. The summed E-state index contributed by atoms with van der Waals surface area (Å²) >= 11 is 1.36. The molecule has 1 aromatic rings. The van der Waals surface area contributed by atoms with Gasteiger partial charge < -0.3 is 15.0 Å². The summed E-state index contributed by atoms with van der Waals surface area (Å²) in [6.45, 7) is 0. The van der Waals surface area contributed by atoms with Crippen molar-refractivity contribution in [2.45, 2.75) is 6.04 Å². The van der Waals surface area contributed by atoms with Crippen molar-refractivity contribution in [1.29, 1.82) is 0 Å². The molecule has 1 aliphatic heterocycles. The zero-order chi connectivity index (χ0) is 12.4. The zero-order valence-corrected chi connectivity index (χ0v) is 9.57. The van der Waals surface area contributed by atoms with E-state index in [0.29, 0.717) is 11.6 Å². The molecule has 1 amide bonds. The molecule has 7 heteroatoms. The Bertz CT molecular complexity index is 513. The van der Waals surface area contributed by atoms with E-state index in [1.807, 2.05) is 0 Å². The van der Waals surface area contributed by atoms with Gasteiger partial charge in [0.25, 0.3) is 11.5 Å². The molecule has 0 radical (unpaired) electrons. The van der Waals surface area contributed by atoms with Crippen LogP contribution in [0.1, 0.15) is 10.4 Å². The molecule has 1 fully saturated rings. The minimum atomic E-state index is -1.05. The van der Waals surface area contributed by atoms with Crippen LogP contribution < -0.4 is 5.56 Å². The molecule has 17 heavy (non-hydrogen) atoms. The number of carbonyl (C=O) groups is 2. The Morgan fingerprint density at radius 1 is 1.53 bits per heavy atom.